The lowest BCUT2D eigenvalue weighted by Gasteiger charge is -2.37. The van der Waals surface area contributed by atoms with Gasteiger partial charge in [-0.15, -0.1) is 0 Å². The molecule has 3 aliphatic carbocycles. The number of carbonyl (C=O) groups is 7. The number of benzene rings is 6. The number of rotatable bonds is 18. The van der Waals surface area contributed by atoms with Crippen LogP contribution in [0.1, 0.15) is 189 Å². The maximum absolute atomic E-state index is 13.2. The number of likely N-dealkylation sites (tertiary alicyclic amines) is 4. The Morgan fingerprint density at radius 2 is 0.984 bits per heavy atom. The van der Waals surface area contributed by atoms with Gasteiger partial charge in [-0.2, -0.15) is 21.6 Å². The maximum atomic E-state index is 13.2. The summed E-state index contributed by atoms with van der Waals surface area (Å²) in [5.41, 5.74) is 8.51. The number of nitrogens with one attached hydrogen (secondary N) is 3. The van der Waals surface area contributed by atoms with Crippen LogP contribution in [-0.4, -0.2) is 255 Å². The van der Waals surface area contributed by atoms with Crippen molar-refractivity contribution >= 4 is 125 Å². The molecular weight excluding hydrogens is 1920 g/mol. The highest BCUT2D eigenvalue weighted by molar-refractivity contribution is 14.1. The number of halogens is 6. The molecule has 15 rings (SSSR count). The first-order chi connectivity index (χ1) is 59.3. The number of nitrogens with zero attached hydrogens (tertiary/aromatic N) is 6. The van der Waals surface area contributed by atoms with Crippen LogP contribution in [0.25, 0.3) is 11.1 Å². The van der Waals surface area contributed by atoms with Crippen LogP contribution in [0, 0.1) is 7.14 Å². The third-order valence-electron chi connectivity index (χ3n) is 23.1. The molecule has 0 spiro atoms. The average molecular weight is 2040 g/mol. The van der Waals surface area contributed by atoms with Crippen LogP contribution in [0.15, 0.2) is 121 Å². The predicted molar refractivity (Wildman–Crippen MR) is 498 cm³/mol. The fourth-order valence-corrected chi connectivity index (χ4v) is 17.6. The Hall–Kier alpha value is -7.69. The molecule has 7 N–H and O–H groups in total. The Morgan fingerprint density at radius 3 is 1.40 bits per heavy atom. The molecule has 0 aromatic heterocycles. The maximum Gasteiger partial charge on any atom is 0.534 e. The number of ether oxygens (including phenoxy) is 4. The molecular formula is C91H121BBrF3I2N10O16S. The molecule has 4 saturated heterocycles. The number of methoxy groups -OCH3 is 2. The highest BCUT2D eigenvalue weighted by Gasteiger charge is 2.49. The van der Waals surface area contributed by atoms with Gasteiger partial charge in [0.25, 0.3) is 23.6 Å². The van der Waals surface area contributed by atoms with Crippen LogP contribution >= 0.6 is 61.1 Å². The van der Waals surface area contributed by atoms with Gasteiger partial charge in [0.05, 0.1) is 14.2 Å². The third-order valence-corrected chi connectivity index (χ3v) is 26.6. The lowest BCUT2D eigenvalue weighted by Crippen LogP contribution is -2.47. The molecule has 9 aliphatic rings. The first-order valence-electron chi connectivity index (χ1n) is 42.8. The minimum absolute atomic E-state index is 0.0829. The molecule has 125 heavy (non-hydrogen) atoms. The number of fused-ring (bicyclic) bond motifs is 2. The monoisotopic (exact) mass is 2040 g/mol. The Kier molecular flexibility index (Phi) is 38.0. The largest absolute Gasteiger partial charge is 0.534 e. The van der Waals surface area contributed by atoms with E-state index in [2.05, 4.69) is 126 Å². The minimum Gasteiger partial charge on any atom is -0.497 e. The van der Waals surface area contributed by atoms with Gasteiger partial charge in [0.1, 0.15) is 34.2 Å². The number of hydrogen-bond donors (Lipinski definition) is 6. The van der Waals surface area contributed by atoms with E-state index < -0.39 is 39.7 Å². The van der Waals surface area contributed by atoms with Gasteiger partial charge >= 0.3 is 34.9 Å². The molecule has 4 atom stereocenters. The number of amides is 6. The van der Waals surface area contributed by atoms with Gasteiger partial charge in [-0.25, -0.2) is 9.59 Å². The minimum atomic E-state index is -5.73. The molecule has 0 bridgehead atoms. The van der Waals surface area contributed by atoms with E-state index in [1.165, 1.54) is 100 Å². The summed E-state index contributed by atoms with van der Waals surface area (Å²) in [5, 5.41) is 27.2. The van der Waals surface area contributed by atoms with E-state index in [0.717, 1.165) is 168 Å². The fourth-order valence-electron chi connectivity index (χ4n) is 15.5. The van der Waals surface area contributed by atoms with Crippen molar-refractivity contribution < 1.29 is 88.3 Å². The van der Waals surface area contributed by atoms with Crippen molar-refractivity contribution in [3.05, 3.63) is 173 Å². The van der Waals surface area contributed by atoms with Crippen LogP contribution in [0.2, 0.25) is 0 Å². The van der Waals surface area contributed by atoms with Crippen molar-refractivity contribution in [2.24, 2.45) is 5.73 Å². The second-order valence-corrected chi connectivity index (χ2v) is 38.9. The van der Waals surface area contributed by atoms with Crippen LogP contribution in [0.4, 0.5) is 22.8 Å². The standard InChI is InChI=1S/C25H29N3O2.C18H21F3N2O4S.C18H27IN2O3.C9H10BrIO.C9H18N2O2.C8H10BNO3.C4H6O/c1-26-24(29)18-7-5-17(6-8-18)19-9-10-23-20(15-19)11-14-28(25(23)30)22-12-13-27(16-22)21-3-2-4-21;19-18(20,21)28(25,26)27-15-4-5-16-12(10-15)6-9-23(17(16)24)14-7-8-22(11-14)13-2-1-3-13;1-18(2,3)24-17(22)21-10-8-14(12-21)20-9-7-13-11-15(23-4)5-6-16(13)19;1-12-8-2-3-9(11)7(6-8)4-5-10;1-9(2,3)13-8(12)11-5-4-7(10)6-11;1-10-8(11)6-2-4-7(5-3-6)9(12)13;5-4-2-1-3-4/h5-10,15,21-22H,2-4,11-14,16H2,1H3,(H,26,29);4-5,10,13-14H,1-3,6-9,11H2;5-6,11,14,20H,7-10,12H2,1-4H3;2-3,6H,4-5H2,1H3;7H,4-6,10H2,1-3H3;2-5,12-13H,1H3,(H,10,11);1-3H2/t22-;2*14-;;7-;;/m000.0../s1. The summed E-state index contributed by atoms with van der Waals surface area (Å²) in [4.78, 5) is 94.8. The number of alkyl halides is 4. The van der Waals surface area contributed by atoms with E-state index in [0.29, 0.717) is 77.7 Å². The fraction of sp³-hybridized carbons (Fsp3) is 0.527. The van der Waals surface area contributed by atoms with E-state index in [1.54, 1.807) is 31.1 Å². The Balaban J connectivity index is 0.000000174. The van der Waals surface area contributed by atoms with Crippen LogP contribution in [0.3, 0.4) is 0 Å². The number of hydrogen-bond acceptors (Lipinski definition) is 20. The van der Waals surface area contributed by atoms with Crippen molar-refractivity contribution in [3.63, 3.8) is 0 Å². The van der Waals surface area contributed by atoms with Gasteiger partial charge < -0.3 is 74.5 Å². The SMILES string of the molecule is CC(C)(C)OC(=O)N1CC[C@H](N)C1.CNC(=O)c1ccc(-c2ccc3c(c2)CCN([C@H]2CCN(C4CCC4)C2)C3=O)cc1.CNC(=O)c1ccc(B(O)O)cc1.COc1ccc(I)c(CCBr)c1.COc1ccc(I)c(CCN[C@H]2CCN(C(=O)OC(C)(C)C)C2)c1.O=C1CCC1.O=C1c2ccc(OS(=O)(=O)C(F)(F)F)cc2CCN1[C@H]1CCN(C2CCC2)C1. The molecule has 6 amide bonds. The zero-order chi connectivity index (χ0) is 91.1. The van der Waals surface area contributed by atoms with E-state index in [1.807, 2.05) is 95.0 Å². The van der Waals surface area contributed by atoms with E-state index in [9.17, 15) is 55.2 Å². The number of aryl methyl sites for hydroxylation is 1. The van der Waals surface area contributed by atoms with Crippen LogP contribution in [-0.2, 0) is 50.1 Å². The van der Waals surface area contributed by atoms with Crippen molar-refractivity contribution in [2.45, 2.75) is 204 Å². The molecule has 7 fully saturated rings. The topological polar surface area (TPSA) is 322 Å². The van der Waals surface area contributed by atoms with Gasteiger partial charge in [-0.05, 0) is 301 Å². The van der Waals surface area contributed by atoms with Gasteiger partial charge in [0, 0.05) is 163 Å². The molecule has 6 aliphatic heterocycles. The van der Waals surface area contributed by atoms with Crippen molar-refractivity contribution in [1.29, 1.82) is 0 Å². The quantitative estimate of drug-likeness (QED) is 0.0153. The Bertz CT molecular complexity index is 4750. The van der Waals surface area contributed by atoms with Crippen molar-refractivity contribution in [3.8, 4) is 28.4 Å². The zero-order valence-corrected chi connectivity index (χ0v) is 79.9. The first kappa shape index (κ1) is 101. The van der Waals surface area contributed by atoms with Gasteiger partial charge in [-0.3, -0.25) is 33.8 Å². The molecule has 0 unspecified atom stereocenters. The summed E-state index contributed by atoms with van der Waals surface area (Å²) in [6.45, 7) is 20.3. The predicted octanol–water partition coefficient (Wildman–Crippen LogP) is 13.0. The molecule has 0 radical (unpaired) electrons. The highest BCUT2D eigenvalue weighted by atomic mass is 127. The summed E-state index contributed by atoms with van der Waals surface area (Å²) in [5.74, 6) is 1.58. The first-order valence-corrected chi connectivity index (χ1v) is 47.5. The summed E-state index contributed by atoms with van der Waals surface area (Å²) < 4.78 is 87.6. The Morgan fingerprint density at radius 1 is 0.536 bits per heavy atom. The van der Waals surface area contributed by atoms with Crippen LogP contribution in [0.5, 0.6) is 17.2 Å². The average Bonchev–Trinajstić information content (AvgIpc) is 1.77. The number of ketones is 1. The Labute approximate surface area is 769 Å². The van der Waals surface area contributed by atoms with Crippen molar-refractivity contribution in [2.75, 3.05) is 106 Å². The second kappa shape index (κ2) is 47.0. The van der Waals surface area contributed by atoms with Crippen LogP contribution < -0.4 is 40.8 Å². The van der Waals surface area contributed by atoms with Crippen molar-refractivity contribution in [1.82, 2.24) is 45.3 Å². The highest BCUT2D eigenvalue weighted by Crippen LogP contribution is 2.37. The van der Waals surface area contributed by atoms with Gasteiger partial charge in [0.2, 0.25) is 0 Å². The van der Waals surface area contributed by atoms with E-state index in [4.69, 9.17) is 34.7 Å². The molecule has 6 aromatic rings. The molecule has 6 heterocycles. The van der Waals surface area contributed by atoms with E-state index in [-0.39, 0.29) is 47.9 Å². The number of Topliss-reactive ketones (excluding diaryl/α,β-unsaturated/α-hetero) is 1. The molecule has 34 heteroatoms. The molecule has 3 saturated carbocycles. The smallest absolute Gasteiger partial charge is 0.497 e. The molecule has 6 aromatic carbocycles. The molecule has 682 valence electrons. The summed E-state index contributed by atoms with van der Waals surface area (Å²) in [6, 6.07) is 38.2. The molecule has 26 nitrogen and oxygen atoms in total. The summed E-state index contributed by atoms with van der Waals surface area (Å²) >= 11 is 8.12. The number of nitrogens with two attached hydrogens (primary N) is 1. The lowest BCUT2D eigenvalue weighted by atomic mass is 9.80. The summed E-state index contributed by atoms with van der Waals surface area (Å²) in [7, 11) is -0.657. The van der Waals surface area contributed by atoms with Gasteiger partial charge in [0.15, 0.2) is 0 Å². The normalized spacial score (nSPS) is 19.4. The van der Waals surface area contributed by atoms with E-state index >= 15 is 0 Å². The number of carbonyl (C=O) groups excluding carboxylic acids is 7. The lowest BCUT2D eigenvalue weighted by molar-refractivity contribution is -0.123. The zero-order valence-electron chi connectivity index (χ0n) is 73.1. The summed E-state index contributed by atoms with van der Waals surface area (Å²) in [6.07, 6.45) is 17.3. The third kappa shape index (κ3) is 29.9. The van der Waals surface area contributed by atoms with Gasteiger partial charge in [-0.1, -0.05) is 65.2 Å². The second-order valence-electron chi connectivity index (χ2n) is 34.3.